The Morgan fingerprint density at radius 2 is 2.31 bits per heavy atom. The van der Waals surface area contributed by atoms with Crippen LogP contribution in [-0.4, -0.2) is 39.4 Å². The number of carboxylic acid groups (broad SMARTS) is 1. The lowest BCUT2D eigenvalue weighted by Gasteiger charge is -2.20. The number of aliphatic carboxylic acids is 1. The molecule has 1 aromatic rings. The summed E-state index contributed by atoms with van der Waals surface area (Å²) in [5.74, 6) is -1.67. The molecule has 1 rings (SSSR count). The van der Waals surface area contributed by atoms with Crippen LogP contribution >= 0.6 is 0 Å². The maximum Gasteiger partial charge on any atom is 0.306 e. The molecule has 88 valence electrons. The van der Waals surface area contributed by atoms with Crippen LogP contribution in [0.4, 0.5) is 0 Å². The zero-order chi connectivity index (χ0) is 12.2. The molecule has 1 heterocycles. The van der Waals surface area contributed by atoms with Gasteiger partial charge in [-0.25, -0.2) is 0 Å². The highest BCUT2D eigenvalue weighted by molar-refractivity contribution is 5.92. The first-order chi connectivity index (χ1) is 7.41. The minimum absolute atomic E-state index is 0.0751. The normalized spacial score (nSPS) is 14.1. The van der Waals surface area contributed by atoms with Gasteiger partial charge in [-0.3, -0.25) is 9.59 Å². The van der Waals surface area contributed by atoms with Crippen molar-refractivity contribution < 1.29 is 24.3 Å². The number of nitrogens with zero attached hydrogens (tertiary/aromatic N) is 1. The van der Waals surface area contributed by atoms with E-state index in [4.69, 9.17) is 5.11 Å². The summed E-state index contributed by atoms with van der Waals surface area (Å²) in [4.78, 5) is 21.7. The fourth-order valence-electron chi connectivity index (χ4n) is 1.08. The number of carboxylic acids is 1. The Morgan fingerprint density at radius 3 is 2.81 bits per heavy atom. The van der Waals surface area contributed by atoms with Gasteiger partial charge in [-0.1, -0.05) is 5.16 Å². The fraction of sp³-hybridized carbons (Fsp3) is 0.444. The quantitative estimate of drug-likeness (QED) is 0.633. The molecule has 3 N–H and O–H groups in total. The van der Waals surface area contributed by atoms with Crippen LogP contribution in [0.2, 0.25) is 0 Å². The second-order valence-electron chi connectivity index (χ2n) is 3.63. The SMILES string of the molecule is CC(O)(CNC(=O)c1ccon1)CC(=O)O. The van der Waals surface area contributed by atoms with Crippen molar-refractivity contribution in [2.45, 2.75) is 18.9 Å². The van der Waals surface area contributed by atoms with Gasteiger partial charge in [0.25, 0.3) is 5.91 Å². The van der Waals surface area contributed by atoms with Crippen LogP contribution in [0.25, 0.3) is 0 Å². The molecule has 0 aliphatic carbocycles. The number of aliphatic hydroxyl groups is 1. The number of aromatic nitrogens is 1. The Labute approximate surface area is 91.0 Å². The van der Waals surface area contributed by atoms with Gasteiger partial charge in [-0.05, 0) is 6.92 Å². The van der Waals surface area contributed by atoms with E-state index in [0.717, 1.165) is 0 Å². The van der Waals surface area contributed by atoms with Gasteiger partial charge in [0.2, 0.25) is 0 Å². The molecule has 1 atom stereocenters. The van der Waals surface area contributed by atoms with Gasteiger partial charge in [-0.15, -0.1) is 0 Å². The minimum atomic E-state index is -1.49. The van der Waals surface area contributed by atoms with E-state index < -0.39 is 23.9 Å². The Balaban J connectivity index is 2.45. The van der Waals surface area contributed by atoms with Crippen LogP contribution in [0.15, 0.2) is 16.9 Å². The number of carbonyl (C=O) groups is 2. The first kappa shape index (κ1) is 12.2. The van der Waals surface area contributed by atoms with Crippen molar-refractivity contribution in [1.29, 1.82) is 0 Å². The van der Waals surface area contributed by atoms with E-state index in [-0.39, 0.29) is 12.2 Å². The number of amides is 1. The zero-order valence-electron chi connectivity index (χ0n) is 8.64. The zero-order valence-corrected chi connectivity index (χ0v) is 8.64. The maximum absolute atomic E-state index is 11.3. The Morgan fingerprint density at radius 1 is 1.62 bits per heavy atom. The first-order valence-corrected chi connectivity index (χ1v) is 4.53. The summed E-state index contributed by atoms with van der Waals surface area (Å²) in [7, 11) is 0. The minimum Gasteiger partial charge on any atom is -0.481 e. The van der Waals surface area contributed by atoms with Crippen molar-refractivity contribution in [3.8, 4) is 0 Å². The number of hydrogen-bond donors (Lipinski definition) is 3. The van der Waals surface area contributed by atoms with E-state index in [0.29, 0.717) is 0 Å². The highest BCUT2D eigenvalue weighted by Gasteiger charge is 2.25. The standard InChI is InChI=1S/C9H12N2O5/c1-9(15,4-7(12)13)5-10-8(14)6-2-3-16-11-6/h2-3,15H,4-5H2,1H3,(H,10,14)(H,12,13). The predicted molar refractivity (Wildman–Crippen MR) is 51.7 cm³/mol. The lowest BCUT2D eigenvalue weighted by Crippen LogP contribution is -2.42. The average molecular weight is 228 g/mol. The van der Waals surface area contributed by atoms with Crippen LogP contribution in [0, 0.1) is 0 Å². The molecule has 0 fully saturated rings. The molecule has 7 nitrogen and oxygen atoms in total. The summed E-state index contributed by atoms with van der Waals surface area (Å²) in [5.41, 5.74) is -1.42. The molecule has 1 aromatic heterocycles. The average Bonchev–Trinajstić information content (AvgIpc) is 2.64. The van der Waals surface area contributed by atoms with Crippen LogP contribution in [0.1, 0.15) is 23.8 Å². The van der Waals surface area contributed by atoms with Gasteiger partial charge in [0.1, 0.15) is 6.26 Å². The molecule has 0 aromatic carbocycles. The predicted octanol–water partition coefficient (Wildman–Crippen LogP) is -0.370. The number of rotatable bonds is 5. The van der Waals surface area contributed by atoms with E-state index >= 15 is 0 Å². The second-order valence-corrected chi connectivity index (χ2v) is 3.63. The molecule has 0 aliphatic rings. The molecule has 7 heteroatoms. The van der Waals surface area contributed by atoms with E-state index in [2.05, 4.69) is 15.0 Å². The monoisotopic (exact) mass is 228 g/mol. The molecule has 0 bridgehead atoms. The van der Waals surface area contributed by atoms with Gasteiger partial charge >= 0.3 is 5.97 Å². The number of carbonyl (C=O) groups excluding carboxylic acids is 1. The van der Waals surface area contributed by atoms with E-state index in [1.807, 2.05) is 0 Å². The molecular formula is C9H12N2O5. The molecule has 0 saturated carbocycles. The molecule has 1 unspecified atom stereocenters. The van der Waals surface area contributed by atoms with E-state index in [1.54, 1.807) is 0 Å². The number of nitrogens with one attached hydrogen (secondary N) is 1. The Bertz CT molecular complexity index is 371. The lowest BCUT2D eigenvalue weighted by atomic mass is 10.0. The summed E-state index contributed by atoms with van der Waals surface area (Å²) in [6.45, 7) is 1.15. The summed E-state index contributed by atoms with van der Waals surface area (Å²) in [6, 6.07) is 1.36. The van der Waals surface area contributed by atoms with Crippen LogP contribution in [0.5, 0.6) is 0 Å². The smallest absolute Gasteiger partial charge is 0.306 e. The molecule has 0 saturated heterocycles. The van der Waals surface area contributed by atoms with Crippen molar-refractivity contribution in [1.82, 2.24) is 10.5 Å². The van der Waals surface area contributed by atoms with Crippen molar-refractivity contribution in [3.05, 3.63) is 18.0 Å². The van der Waals surface area contributed by atoms with Crippen LogP contribution in [-0.2, 0) is 4.79 Å². The third-order valence-corrected chi connectivity index (χ3v) is 1.83. The second kappa shape index (κ2) is 4.75. The van der Waals surface area contributed by atoms with Crippen molar-refractivity contribution in [2.24, 2.45) is 0 Å². The first-order valence-electron chi connectivity index (χ1n) is 4.53. The molecule has 1 amide bonds. The summed E-state index contributed by atoms with van der Waals surface area (Å²) >= 11 is 0. The maximum atomic E-state index is 11.3. The van der Waals surface area contributed by atoms with Crippen LogP contribution in [0.3, 0.4) is 0 Å². The van der Waals surface area contributed by atoms with Gasteiger partial charge in [0.05, 0.1) is 12.0 Å². The summed E-state index contributed by atoms with van der Waals surface area (Å²) in [5, 5.41) is 23.8. The molecule has 0 aliphatic heterocycles. The van der Waals surface area contributed by atoms with Crippen LogP contribution < -0.4 is 5.32 Å². The fourth-order valence-corrected chi connectivity index (χ4v) is 1.08. The largest absolute Gasteiger partial charge is 0.481 e. The summed E-state index contributed by atoms with van der Waals surface area (Å²) < 4.78 is 4.46. The molecular weight excluding hydrogens is 216 g/mol. The molecule has 0 radical (unpaired) electrons. The van der Waals surface area contributed by atoms with E-state index in [9.17, 15) is 14.7 Å². The highest BCUT2D eigenvalue weighted by atomic mass is 16.5. The highest BCUT2D eigenvalue weighted by Crippen LogP contribution is 2.07. The van der Waals surface area contributed by atoms with Gasteiger partial charge in [-0.2, -0.15) is 0 Å². The van der Waals surface area contributed by atoms with E-state index in [1.165, 1.54) is 19.3 Å². The molecule has 0 spiro atoms. The van der Waals surface area contributed by atoms with Gasteiger partial charge in [0.15, 0.2) is 5.69 Å². The Hall–Kier alpha value is -1.89. The van der Waals surface area contributed by atoms with Crippen molar-refractivity contribution in [3.63, 3.8) is 0 Å². The molecule has 16 heavy (non-hydrogen) atoms. The third-order valence-electron chi connectivity index (χ3n) is 1.83. The third kappa shape index (κ3) is 3.70. The van der Waals surface area contributed by atoms with Crippen molar-refractivity contribution >= 4 is 11.9 Å². The topological polar surface area (TPSA) is 113 Å². The number of hydrogen-bond acceptors (Lipinski definition) is 5. The summed E-state index contributed by atoms with van der Waals surface area (Å²) in [6.07, 6.45) is 0.788. The van der Waals surface area contributed by atoms with Crippen molar-refractivity contribution in [2.75, 3.05) is 6.54 Å². The van der Waals surface area contributed by atoms with Gasteiger partial charge in [0, 0.05) is 12.6 Å². The Kier molecular flexibility index (Phi) is 3.62. The van der Waals surface area contributed by atoms with Gasteiger partial charge < -0.3 is 20.1 Å². The lowest BCUT2D eigenvalue weighted by molar-refractivity contribution is -0.141.